The van der Waals surface area contributed by atoms with Gasteiger partial charge in [-0.05, 0) is 57.8 Å². The van der Waals surface area contributed by atoms with Crippen molar-refractivity contribution >= 4 is 17.9 Å². The normalized spacial score (nSPS) is 12.3. The number of carbonyl (C=O) groups excluding carboxylic acids is 3. The van der Waals surface area contributed by atoms with E-state index in [0.29, 0.717) is 19.3 Å². The molecule has 0 saturated heterocycles. The van der Waals surface area contributed by atoms with Gasteiger partial charge in [0.05, 0.1) is 0 Å². The van der Waals surface area contributed by atoms with Gasteiger partial charge in [0.2, 0.25) is 0 Å². The summed E-state index contributed by atoms with van der Waals surface area (Å²) in [4.78, 5) is 38.2. The Balaban J connectivity index is 4.24. The summed E-state index contributed by atoms with van der Waals surface area (Å²) < 4.78 is 16.9. The Morgan fingerprint density at radius 1 is 0.296 bits per heavy atom. The third-order valence-corrected chi connectivity index (χ3v) is 13.8. The third kappa shape index (κ3) is 58.1. The van der Waals surface area contributed by atoms with Crippen molar-refractivity contribution in [3.63, 3.8) is 0 Å². The van der Waals surface area contributed by atoms with Gasteiger partial charge in [-0.15, -0.1) is 0 Å². The van der Waals surface area contributed by atoms with Gasteiger partial charge in [-0.25, -0.2) is 0 Å². The Labute approximate surface area is 441 Å². The van der Waals surface area contributed by atoms with Crippen LogP contribution in [0.15, 0.2) is 48.6 Å². The lowest BCUT2D eigenvalue weighted by molar-refractivity contribution is -0.167. The molecular formula is C65H118O6. The second-order valence-electron chi connectivity index (χ2n) is 21.0. The van der Waals surface area contributed by atoms with E-state index in [-0.39, 0.29) is 31.1 Å². The van der Waals surface area contributed by atoms with E-state index < -0.39 is 6.10 Å². The Bertz CT molecular complexity index is 1230. The van der Waals surface area contributed by atoms with Crippen LogP contribution >= 0.6 is 0 Å². The minimum absolute atomic E-state index is 0.0676. The van der Waals surface area contributed by atoms with Gasteiger partial charge >= 0.3 is 17.9 Å². The quantitative estimate of drug-likeness (QED) is 0.0261. The van der Waals surface area contributed by atoms with E-state index in [1.54, 1.807) is 0 Å². The van der Waals surface area contributed by atoms with Crippen molar-refractivity contribution < 1.29 is 28.6 Å². The molecule has 0 aromatic rings. The SMILES string of the molecule is CC/C=C\C/C=C\C/C=C\C/C=C\CCCCCCCCCCCCCCC(=O)OCC(COC(=O)CCCCCCCCCCCCCCCC)OC(=O)CCCCCCCCCCCCCCCC. The Morgan fingerprint density at radius 3 is 0.859 bits per heavy atom. The van der Waals surface area contributed by atoms with Crippen LogP contribution in [0.3, 0.4) is 0 Å². The van der Waals surface area contributed by atoms with Gasteiger partial charge in [0, 0.05) is 19.3 Å². The molecule has 0 rings (SSSR count). The topological polar surface area (TPSA) is 78.9 Å². The first kappa shape index (κ1) is 68.4. The Kier molecular flexibility index (Phi) is 57.7. The fourth-order valence-corrected chi connectivity index (χ4v) is 9.20. The zero-order valence-electron chi connectivity index (χ0n) is 47.5. The molecular weight excluding hydrogens is 877 g/mol. The molecule has 0 radical (unpaired) electrons. The van der Waals surface area contributed by atoms with Crippen molar-refractivity contribution in [2.75, 3.05) is 13.2 Å². The highest BCUT2D eigenvalue weighted by Crippen LogP contribution is 2.17. The van der Waals surface area contributed by atoms with Crippen molar-refractivity contribution in [2.45, 2.75) is 335 Å². The van der Waals surface area contributed by atoms with Gasteiger partial charge < -0.3 is 14.2 Å². The maximum Gasteiger partial charge on any atom is 0.306 e. The summed E-state index contributed by atoms with van der Waals surface area (Å²) in [5, 5.41) is 0. The van der Waals surface area contributed by atoms with Crippen LogP contribution in [0, 0.1) is 0 Å². The van der Waals surface area contributed by atoms with Crippen LogP contribution in [-0.4, -0.2) is 37.2 Å². The minimum Gasteiger partial charge on any atom is -0.462 e. The fourth-order valence-electron chi connectivity index (χ4n) is 9.20. The molecule has 1 atom stereocenters. The second-order valence-corrected chi connectivity index (χ2v) is 21.0. The predicted octanol–water partition coefficient (Wildman–Crippen LogP) is 21.0. The maximum absolute atomic E-state index is 12.9. The average molecular weight is 996 g/mol. The smallest absolute Gasteiger partial charge is 0.306 e. The molecule has 71 heavy (non-hydrogen) atoms. The first-order chi connectivity index (χ1) is 35.0. The van der Waals surface area contributed by atoms with Crippen LogP contribution in [-0.2, 0) is 28.6 Å². The van der Waals surface area contributed by atoms with E-state index in [1.165, 1.54) is 205 Å². The lowest BCUT2D eigenvalue weighted by atomic mass is 10.0. The molecule has 6 heteroatoms. The van der Waals surface area contributed by atoms with E-state index in [4.69, 9.17) is 14.2 Å². The Morgan fingerprint density at radius 2 is 0.549 bits per heavy atom. The standard InChI is InChI=1S/C65H118O6/c1-4-7-10-13-16-19-22-25-28-29-30-31-32-33-34-35-36-37-38-41-43-46-49-52-55-58-64(67)70-61-62(71-65(68)59-56-53-50-47-44-40-27-24-21-18-15-12-9-6-3)60-69-63(66)57-54-51-48-45-42-39-26-23-20-17-14-11-8-5-2/h7,10,16,19,25,28,30-31,62H,4-6,8-9,11-15,17-18,20-24,26-27,29,32-61H2,1-3H3/b10-7-,19-16-,28-25-,31-30-. The highest BCUT2D eigenvalue weighted by Gasteiger charge is 2.19. The van der Waals surface area contributed by atoms with Gasteiger partial charge in [0.1, 0.15) is 13.2 Å². The lowest BCUT2D eigenvalue weighted by Gasteiger charge is -2.18. The first-order valence-electron chi connectivity index (χ1n) is 31.1. The summed E-state index contributed by atoms with van der Waals surface area (Å²) in [6.45, 7) is 6.58. The molecule has 0 spiro atoms. The van der Waals surface area contributed by atoms with Crippen molar-refractivity contribution in [1.29, 1.82) is 0 Å². The molecule has 0 aromatic heterocycles. The number of hydrogen-bond donors (Lipinski definition) is 0. The number of rotatable bonds is 57. The highest BCUT2D eigenvalue weighted by molar-refractivity contribution is 5.71. The number of unbranched alkanes of at least 4 members (excludes halogenated alkanes) is 38. The van der Waals surface area contributed by atoms with Crippen LogP contribution in [0.1, 0.15) is 329 Å². The lowest BCUT2D eigenvalue weighted by Crippen LogP contribution is -2.30. The summed E-state index contributed by atoms with van der Waals surface area (Å²) in [6.07, 6.45) is 74.0. The molecule has 414 valence electrons. The third-order valence-electron chi connectivity index (χ3n) is 13.8. The van der Waals surface area contributed by atoms with Gasteiger partial charge in [-0.1, -0.05) is 301 Å². The van der Waals surface area contributed by atoms with E-state index in [9.17, 15) is 14.4 Å². The molecule has 0 saturated carbocycles. The minimum atomic E-state index is -0.769. The van der Waals surface area contributed by atoms with Crippen molar-refractivity contribution in [3.8, 4) is 0 Å². The van der Waals surface area contributed by atoms with E-state index in [0.717, 1.165) is 83.5 Å². The molecule has 0 aliphatic carbocycles. The number of ether oxygens (including phenoxy) is 3. The fraction of sp³-hybridized carbons (Fsp3) is 0.831. The van der Waals surface area contributed by atoms with Gasteiger partial charge in [-0.2, -0.15) is 0 Å². The second kappa shape index (κ2) is 59.9. The van der Waals surface area contributed by atoms with Crippen LogP contribution in [0.25, 0.3) is 0 Å². The molecule has 1 unspecified atom stereocenters. The first-order valence-corrected chi connectivity index (χ1v) is 31.1. The van der Waals surface area contributed by atoms with Crippen molar-refractivity contribution in [1.82, 2.24) is 0 Å². The number of hydrogen-bond acceptors (Lipinski definition) is 6. The van der Waals surface area contributed by atoms with Gasteiger partial charge in [-0.3, -0.25) is 14.4 Å². The molecule has 0 aliphatic heterocycles. The van der Waals surface area contributed by atoms with Crippen molar-refractivity contribution in [2.24, 2.45) is 0 Å². The van der Waals surface area contributed by atoms with E-state index in [2.05, 4.69) is 69.4 Å². The summed E-state index contributed by atoms with van der Waals surface area (Å²) in [6, 6.07) is 0. The van der Waals surface area contributed by atoms with Crippen LogP contribution in [0.5, 0.6) is 0 Å². The zero-order chi connectivity index (χ0) is 51.4. The summed E-state index contributed by atoms with van der Waals surface area (Å²) in [5.74, 6) is -0.848. The van der Waals surface area contributed by atoms with Gasteiger partial charge in [0.25, 0.3) is 0 Å². The molecule has 0 bridgehead atoms. The average Bonchev–Trinajstić information content (AvgIpc) is 3.37. The van der Waals surface area contributed by atoms with Crippen LogP contribution < -0.4 is 0 Å². The molecule has 0 N–H and O–H groups in total. The maximum atomic E-state index is 12.9. The predicted molar refractivity (Wildman–Crippen MR) is 307 cm³/mol. The molecule has 0 aromatic carbocycles. The highest BCUT2D eigenvalue weighted by atomic mass is 16.6. The molecule has 6 nitrogen and oxygen atoms in total. The summed E-state index contributed by atoms with van der Waals surface area (Å²) in [7, 11) is 0. The van der Waals surface area contributed by atoms with E-state index >= 15 is 0 Å². The van der Waals surface area contributed by atoms with E-state index in [1.807, 2.05) is 0 Å². The summed E-state index contributed by atoms with van der Waals surface area (Å²) >= 11 is 0. The largest absolute Gasteiger partial charge is 0.462 e. The molecule has 0 aliphatic rings. The van der Waals surface area contributed by atoms with Gasteiger partial charge in [0.15, 0.2) is 6.10 Å². The number of carbonyl (C=O) groups is 3. The Hall–Kier alpha value is -2.63. The number of esters is 3. The molecule has 0 heterocycles. The monoisotopic (exact) mass is 995 g/mol. The van der Waals surface area contributed by atoms with Crippen molar-refractivity contribution in [3.05, 3.63) is 48.6 Å². The zero-order valence-corrected chi connectivity index (χ0v) is 47.5. The molecule has 0 fully saturated rings. The van der Waals surface area contributed by atoms with Crippen LogP contribution in [0.4, 0.5) is 0 Å². The van der Waals surface area contributed by atoms with Crippen LogP contribution in [0.2, 0.25) is 0 Å². The number of allylic oxidation sites excluding steroid dienone is 8. The summed E-state index contributed by atoms with van der Waals surface area (Å²) in [5.41, 5.74) is 0. The molecule has 0 amide bonds.